The van der Waals surface area contributed by atoms with E-state index < -0.39 is 0 Å². The Bertz CT molecular complexity index is 397. The van der Waals surface area contributed by atoms with Crippen molar-refractivity contribution in [2.45, 2.75) is 13.8 Å². The van der Waals surface area contributed by atoms with Crippen LogP contribution in [0.25, 0.3) is 10.3 Å². The van der Waals surface area contributed by atoms with Crippen LogP contribution in [-0.2, 0) is 0 Å². The van der Waals surface area contributed by atoms with Crippen molar-refractivity contribution in [1.82, 2.24) is 9.97 Å². The quantitative estimate of drug-likeness (QED) is 0.625. The van der Waals surface area contributed by atoms with Gasteiger partial charge >= 0.3 is 0 Å². The summed E-state index contributed by atoms with van der Waals surface area (Å²) in [5, 5.41) is 0.919. The summed E-state index contributed by atoms with van der Waals surface area (Å²) < 4.78 is 13.8. The molecule has 0 radical (unpaired) electrons. The first-order chi connectivity index (χ1) is 5.66. The van der Waals surface area contributed by atoms with E-state index in [1.54, 1.807) is 6.92 Å². The van der Waals surface area contributed by atoms with Gasteiger partial charge in [0.2, 0.25) is 0 Å². The van der Waals surface area contributed by atoms with Crippen molar-refractivity contribution in [1.29, 1.82) is 0 Å². The fourth-order valence-corrected chi connectivity index (χ4v) is 1.83. The zero-order valence-corrected chi connectivity index (χ0v) is 7.57. The van der Waals surface area contributed by atoms with E-state index in [2.05, 4.69) is 9.97 Å². The van der Waals surface area contributed by atoms with Gasteiger partial charge in [0.25, 0.3) is 0 Å². The van der Waals surface area contributed by atoms with Gasteiger partial charge in [-0.15, -0.1) is 11.3 Å². The van der Waals surface area contributed by atoms with Crippen LogP contribution in [0, 0.1) is 19.7 Å². The van der Waals surface area contributed by atoms with Crippen molar-refractivity contribution < 1.29 is 4.39 Å². The average Bonchev–Trinajstić information content (AvgIpc) is 2.30. The Morgan fingerprint density at radius 3 is 2.83 bits per heavy atom. The zero-order chi connectivity index (χ0) is 8.72. The molecule has 2 aromatic heterocycles. The number of hydrogen-bond donors (Lipinski definition) is 0. The fraction of sp³-hybridized carbons (Fsp3) is 0.250. The van der Waals surface area contributed by atoms with Crippen LogP contribution in [0.15, 0.2) is 6.07 Å². The maximum Gasteiger partial charge on any atom is 0.170 e. The highest BCUT2D eigenvalue weighted by Crippen LogP contribution is 2.21. The second kappa shape index (κ2) is 2.48. The van der Waals surface area contributed by atoms with Crippen molar-refractivity contribution in [3.63, 3.8) is 0 Å². The summed E-state index contributed by atoms with van der Waals surface area (Å²) in [6.07, 6.45) is 0. The molecule has 0 spiro atoms. The van der Waals surface area contributed by atoms with Gasteiger partial charge in [0.05, 0.1) is 15.4 Å². The lowest BCUT2D eigenvalue weighted by molar-refractivity contribution is 0.613. The highest BCUT2D eigenvalue weighted by molar-refractivity contribution is 7.18. The maximum atomic E-state index is 13.0. The van der Waals surface area contributed by atoms with Crippen molar-refractivity contribution in [3.8, 4) is 0 Å². The van der Waals surface area contributed by atoms with Gasteiger partial charge in [-0.1, -0.05) is 0 Å². The predicted octanol–water partition coefficient (Wildman–Crippen LogP) is 2.45. The first-order valence-corrected chi connectivity index (χ1v) is 4.39. The lowest BCUT2D eigenvalue weighted by atomic mass is 10.3. The van der Waals surface area contributed by atoms with Gasteiger partial charge in [0, 0.05) is 0 Å². The maximum absolute atomic E-state index is 13.0. The number of aryl methyl sites for hydroxylation is 2. The van der Waals surface area contributed by atoms with Gasteiger partial charge in [-0.05, 0) is 19.9 Å². The molecule has 4 heteroatoms. The van der Waals surface area contributed by atoms with E-state index in [1.165, 1.54) is 17.4 Å². The first kappa shape index (κ1) is 7.61. The van der Waals surface area contributed by atoms with Crippen molar-refractivity contribution in [2.24, 2.45) is 0 Å². The van der Waals surface area contributed by atoms with E-state index in [-0.39, 0.29) is 5.82 Å². The third kappa shape index (κ3) is 1.08. The van der Waals surface area contributed by atoms with Crippen LogP contribution >= 0.6 is 11.3 Å². The molecule has 62 valence electrons. The zero-order valence-electron chi connectivity index (χ0n) is 6.76. The Kier molecular flexibility index (Phi) is 1.58. The highest BCUT2D eigenvalue weighted by atomic mass is 32.1. The van der Waals surface area contributed by atoms with Crippen molar-refractivity contribution >= 4 is 21.7 Å². The minimum absolute atomic E-state index is 0.258. The second-order valence-corrected chi connectivity index (χ2v) is 3.85. The first-order valence-electron chi connectivity index (χ1n) is 3.57. The Labute approximate surface area is 73.1 Å². The highest BCUT2D eigenvalue weighted by Gasteiger charge is 2.05. The van der Waals surface area contributed by atoms with E-state index in [0.29, 0.717) is 11.3 Å². The molecule has 0 amide bonds. The summed E-state index contributed by atoms with van der Waals surface area (Å²) in [5.74, 6) is -0.258. The topological polar surface area (TPSA) is 25.8 Å². The summed E-state index contributed by atoms with van der Waals surface area (Å²) in [5.41, 5.74) is 1.06. The third-order valence-corrected chi connectivity index (χ3v) is 2.53. The molecule has 0 fully saturated rings. The average molecular weight is 182 g/mol. The molecule has 0 saturated heterocycles. The van der Waals surface area contributed by atoms with Gasteiger partial charge in [-0.25, -0.2) is 14.4 Å². The number of fused-ring (bicyclic) bond motifs is 1. The van der Waals surface area contributed by atoms with Crippen LogP contribution in [0.5, 0.6) is 0 Å². The van der Waals surface area contributed by atoms with Crippen molar-refractivity contribution in [3.05, 3.63) is 22.6 Å². The van der Waals surface area contributed by atoms with Gasteiger partial charge in [0.15, 0.2) is 5.65 Å². The summed E-state index contributed by atoms with van der Waals surface area (Å²) in [7, 11) is 0. The molecule has 0 saturated carbocycles. The summed E-state index contributed by atoms with van der Waals surface area (Å²) >= 11 is 1.46. The SMILES string of the molecule is Cc1nc2nc(C)c(F)cc2s1. The molecule has 0 aromatic carbocycles. The van der Waals surface area contributed by atoms with Crippen molar-refractivity contribution in [2.75, 3.05) is 0 Å². The number of rotatable bonds is 0. The molecule has 2 heterocycles. The number of aromatic nitrogens is 2. The van der Waals surface area contributed by atoms with Gasteiger partial charge in [0.1, 0.15) is 5.82 Å². The molecular weight excluding hydrogens is 175 g/mol. The van der Waals surface area contributed by atoms with Crippen LogP contribution in [0.3, 0.4) is 0 Å². The molecule has 2 aromatic rings. The molecule has 2 rings (SSSR count). The lowest BCUT2D eigenvalue weighted by Crippen LogP contribution is -1.87. The van der Waals surface area contributed by atoms with E-state index >= 15 is 0 Å². The molecule has 0 aliphatic heterocycles. The van der Waals surface area contributed by atoms with Gasteiger partial charge in [-0.2, -0.15) is 0 Å². The van der Waals surface area contributed by atoms with Crippen LogP contribution in [0.2, 0.25) is 0 Å². The van der Waals surface area contributed by atoms with Crippen LogP contribution in [0.4, 0.5) is 4.39 Å². The van der Waals surface area contributed by atoms with E-state index in [4.69, 9.17) is 0 Å². The fourth-order valence-electron chi connectivity index (χ4n) is 1.04. The molecule has 0 aliphatic rings. The van der Waals surface area contributed by atoms with E-state index in [1.807, 2.05) is 6.92 Å². The standard InChI is InChI=1S/C8H7FN2S/c1-4-6(9)3-7-8(10-4)11-5(2)12-7/h3H,1-2H3. The number of hydrogen-bond acceptors (Lipinski definition) is 3. The largest absolute Gasteiger partial charge is 0.230 e. The molecule has 0 aliphatic carbocycles. The number of nitrogens with zero attached hydrogens (tertiary/aromatic N) is 2. The monoisotopic (exact) mass is 182 g/mol. The summed E-state index contributed by atoms with van der Waals surface area (Å²) in [6, 6.07) is 1.49. The summed E-state index contributed by atoms with van der Waals surface area (Å²) in [6.45, 7) is 3.53. The molecule has 0 unspecified atom stereocenters. The van der Waals surface area contributed by atoms with Gasteiger partial charge in [-0.3, -0.25) is 0 Å². The minimum Gasteiger partial charge on any atom is -0.230 e. The number of pyridine rings is 1. The van der Waals surface area contributed by atoms with Crippen LogP contribution < -0.4 is 0 Å². The Balaban J connectivity index is 2.83. The Morgan fingerprint density at radius 2 is 2.08 bits per heavy atom. The molecule has 0 N–H and O–H groups in total. The third-order valence-electron chi connectivity index (χ3n) is 1.62. The normalized spacial score (nSPS) is 10.9. The summed E-state index contributed by atoms with van der Waals surface area (Å²) in [4.78, 5) is 8.18. The predicted molar refractivity (Wildman–Crippen MR) is 46.8 cm³/mol. The van der Waals surface area contributed by atoms with Crippen LogP contribution in [0.1, 0.15) is 10.7 Å². The Hall–Kier alpha value is -1.03. The second-order valence-electron chi connectivity index (χ2n) is 2.61. The van der Waals surface area contributed by atoms with Crippen LogP contribution in [-0.4, -0.2) is 9.97 Å². The smallest absolute Gasteiger partial charge is 0.170 e. The molecule has 0 atom stereocenters. The Morgan fingerprint density at radius 1 is 1.33 bits per heavy atom. The lowest BCUT2D eigenvalue weighted by Gasteiger charge is -1.92. The molecule has 0 bridgehead atoms. The minimum atomic E-state index is -0.258. The van der Waals surface area contributed by atoms with E-state index in [0.717, 1.165) is 9.71 Å². The van der Waals surface area contributed by atoms with E-state index in [9.17, 15) is 4.39 Å². The number of halogens is 1. The molecule has 12 heavy (non-hydrogen) atoms. The van der Waals surface area contributed by atoms with Gasteiger partial charge < -0.3 is 0 Å². The number of thiazole rings is 1. The molecule has 2 nitrogen and oxygen atoms in total. The molecular formula is C8H7FN2S.